The molecule has 34 heavy (non-hydrogen) atoms. The number of ether oxygens (including phenoxy) is 3. The lowest BCUT2D eigenvalue weighted by atomic mass is 10.1. The number of methoxy groups -OCH3 is 3. The molecule has 1 aliphatic rings. The predicted molar refractivity (Wildman–Crippen MR) is 135 cm³/mol. The van der Waals surface area contributed by atoms with E-state index in [2.05, 4.69) is 33.6 Å². The third-order valence-corrected chi connectivity index (χ3v) is 5.67. The number of hydrogen-bond donors (Lipinski definition) is 4. The van der Waals surface area contributed by atoms with Gasteiger partial charge in [-0.25, -0.2) is 10.3 Å². The van der Waals surface area contributed by atoms with Gasteiger partial charge in [-0.1, -0.05) is 64.7 Å². The van der Waals surface area contributed by atoms with E-state index in [0.717, 1.165) is 13.0 Å². The average Bonchev–Trinajstić information content (AvgIpc) is 3.31. The van der Waals surface area contributed by atoms with Gasteiger partial charge < -0.3 is 24.8 Å². The van der Waals surface area contributed by atoms with Crippen LogP contribution in [0.3, 0.4) is 0 Å². The summed E-state index contributed by atoms with van der Waals surface area (Å²) in [4.78, 5) is 12.4. The van der Waals surface area contributed by atoms with Crippen molar-refractivity contribution >= 4 is 17.6 Å². The number of unbranched alkanes of at least 4 members (excludes halogenated alkanes) is 9. The van der Waals surface area contributed by atoms with Gasteiger partial charge in [0.25, 0.3) is 0 Å². The quantitative estimate of drug-likeness (QED) is 0.246. The van der Waals surface area contributed by atoms with Gasteiger partial charge in [-0.3, -0.25) is 5.43 Å². The van der Waals surface area contributed by atoms with Crippen LogP contribution in [-0.2, 0) is 0 Å². The van der Waals surface area contributed by atoms with Gasteiger partial charge >= 0.3 is 6.03 Å². The van der Waals surface area contributed by atoms with Crippen LogP contribution in [0.5, 0.6) is 17.2 Å². The number of anilines is 1. The Morgan fingerprint density at radius 3 is 2.06 bits per heavy atom. The molecule has 0 radical (unpaired) electrons. The van der Waals surface area contributed by atoms with Gasteiger partial charge in [-0.2, -0.15) is 0 Å². The highest BCUT2D eigenvalue weighted by Gasteiger charge is 2.18. The van der Waals surface area contributed by atoms with E-state index >= 15 is 0 Å². The molecule has 1 aromatic carbocycles. The molecule has 0 aliphatic carbocycles. The summed E-state index contributed by atoms with van der Waals surface area (Å²) in [6.07, 6.45) is 13.0. The van der Waals surface area contributed by atoms with Gasteiger partial charge in [0, 0.05) is 18.7 Å². The molecule has 0 unspecified atom stereocenters. The summed E-state index contributed by atoms with van der Waals surface area (Å²) in [6, 6.07) is 2.95. The number of nitrogens with one attached hydrogen (secondary N) is 4. The lowest BCUT2D eigenvalue weighted by Crippen LogP contribution is -2.45. The Kier molecular flexibility index (Phi) is 12.8. The SMILES string of the molecule is CCCCCCCCCCCCN1NN=C(CNC(=O)Nc2c(OC)cc(OC)cc2OC)N1. The van der Waals surface area contributed by atoms with Crippen LogP contribution in [0.25, 0.3) is 0 Å². The molecule has 2 amide bonds. The van der Waals surface area contributed by atoms with Gasteiger partial charge in [0.15, 0.2) is 5.84 Å². The smallest absolute Gasteiger partial charge is 0.319 e. The highest BCUT2D eigenvalue weighted by molar-refractivity contribution is 5.96. The molecular weight excluding hydrogens is 436 g/mol. The van der Waals surface area contributed by atoms with Crippen molar-refractivity contribution in [2.45, 2.75) is 71.1 Å². The zero-order chi connectivity index (χ0) is 24.6. The molecule has 0 atom stereocenters. The Hall–Kier alpha value is -2.88. The van der Waals surface area contributed by atoms with Crippen LogP contribution >= 0.6 is 0 Å². The van der Waals surface area contributed by atoms with E-state index in [-0.39, 0.29) is 6.54 Å². The maximum atomic E-state index is 12.4. The molecule has 192 valence electrons. The van der Waals surface area contributed by atoms with Crippen molar-refractivity contribution in [2.75, 3.05) is 39.7 Å². The first-order chi connectivity index (χ1) is 16.6. The van der Waals surface area contributed by atoms with E-state index in [1.165, 1.54) is 72.0 Å². The average molecular weight is 479 g/mol. The summed E-state index contributed by atoms with van der Waals surface area (Å²) in [5, 5.41) is 11.6. The molecule has 4 N–H and O–H groups in total. The molecule has 10 heteroatoms. The number of hydrogen-bond acceptors (Lipinski definition) is 8. The van der Waals surface area contributed by atoms with Crippen molar-refractivity contribution in [3.05, 3.63) is 12.1 Å². The Morgan fingerprint density at radius 1 is 0.912 bits per heavy atom. The van der Waals surface area contributed by atoms with E-state index < -0.39 is 6.03 Å². The topological polar surface area (TPSA) is 108 Å². The first kappa shape index (κ1) is 27.4. The summed E-state index contributed by atoms with van der Waals surface area (Å²) in [5.41, 5.74) is 6.53. The Balaban J connectivity index is 1.62. The van der Waals surface area contributed by atoms with Crippen LogP contribution < -0.4 is 35.8 Å². The second-order valence-corrected chi connectivity index (χ2v) is 8.32. The molecule has 2 rings (SSSR count). The number of benzene rings is 1. The number of carbonyl (C=O) groups excluding carboxylic acids is 1. The van der Waals surface area contributed by atoms with Crippen LogP contribution in [0.4, 0.5) is 10.5 Å². The minimum absolute atomic E-state index is 0.244. The molecular formula is C24H42N6O4. The summed E-state index contributed by atoms with van der Waals surface area (Å²) < 4.78 is 15.9. The highest BCUT2D eigenvalue weighted by Crippen LogP contribution is 2.38. The standard InChI is InChI=1S/C24H42N6O4/c1-5-6-7-8-9-10-11-12-13-14-15-30-28-22(27-29-30)18-25-24(31)26-23-20(33-3)16-19(32-2)17-21(23)34-4/h16-17,29H,5-15,18H2,1-4H3,(H,27,28)(H2,25,26,31). The number of carbonyl (C=O) groups is 1. The van der Waals surface area contributed by atoms with Gasteiger partial charge in [-0.05, 0) is 6.42 Å². The number of amidine groups is 1. The minimum atomic E-state index is -0.403. The zero-order valence-corrected chi connectivity index (χ0v) is 21.2. The normalized spacial score (nSPS) is 13.0. The molecule has 10 nitrogen and oxygen atoms in total. The highest BCUT2D eigenvalue weighted by atomic mass is 16.5. The predicted octanol–water partition coefficient (Wildman–Crippen LogP) is 4.39. The van der Waals surface area contributed by atoms with E-state index in [9.17, 15) is 4.79 Å². The van der Waals surface area contributed by atoms with Gasteiger partial charge in [0.2, 0.25) is 0 Å². The van der Waals surface area contributed by atoms with Crippen molar-refractivity contribution in [3.8, 4) is 17.2 Å². The lowest BCUT2D eigenvalue weighted by molar-refractivity contribution is 0.175. The van der Waals surface area contributed by atoms with Crippen molar-refractivity contribution in [1.29, 1.82) is 0 Å². The van der Waals surface area contributed by atoms with Crippen LogP contribution in [-0.4, -0.2) is 51.4 Å². The number of hydrazone groups is 1. The Bertz CT molecular complexity index is 749. The van der Waals surface area contributed by atoms with Crippen LogP contribution in [0.15, 0.2) is 17.2 Å². The third kappa shape index (κ3) is 9.54. The summed E-state index contributed by atoms with van der Waals surface area (Å²) in [6.45, 7) is 3.34. The molecule has 1 heterocycles. The molecule has 0 fully saturated rings. The molecule has 0 saturated heterocycles. The molecule has 0 spiro atoms. The van der Waals surface area contributed by atoms with Crippen molar-refractivity contribution in [3.63, 3.8) is 0 Å². The van der Waals surface area contributed by atoms with Crippen LogP contribution in [0.2, 0.25) is 0 Å². The van der Waals surface area contributed by atoms with Crippen LogP contribution in [0.1, 0.15) is 71.1 Å². The number of nitrogens with zero attached hydrogens (tertiary/aromatic N) is 2. The van der Waals surface area contributed by atoms with Gasteiger partial charge in [0.05, 0.1) is 27.9 Å². The van der Waals surface area contributed by atoms with Crippen molar-refractivity contribution in [2.24, 2.45) is 5.10 Å². The fourth-order valence-electron chi connectivity index (χ4n) is 3.72. The maximum Gasteiger partial charge on any atom is 0.319 e. The summed E-state index contributed by atoms with van der Waals surface area (Å²) in [5.74, 6) is 2.08. The molecule has 0 aromatic heterocycles. The van der Waals surface area contributed by atoms with E-state index in [1.54, 1.807) is 19.2 Å². The first-order valence-corrected chi connectivity index (χ1v) is 12.3. The van der Waals surface area contributed by atoms with E-state index in [4.69, 9.17) is 14.2 Å². The summed E-state index contributed by atoms with van der Waals surface area (Å²) in [7, 11) is 4.59. The first-order valence-electron chi connectivity index (χ1n) is 12.3. The van der Waals surface area contributed by atoms with Crippen molar-refractivity contribution in [1.82, 2.24) is 21.4 Å². The second-order valence-electron chi connectivity index (χ2n) is 8.32. The minimum Gasteiger partial charge on any atom is -0.496 e. The Morgan fingerprint density at radius 2 is 1.50 bits per heavy atom. The largest absolute Gasteiger partial charge is 0.496 e. The molecule has 1 aliphatic heterocycles. The number of urea groups is 1. The number of amides is 2. The summed E-state index contributed by atoms with van der Waals surface area (Å²) >= 11 is 0. The molecule has 1 aromatic rings. The van der Waals surface area contributed by atoms with E-state index in [0.29, 0.717) is 28.8 Å². The second kappa shape index (κ2) is 15.9. The lowest BCUT2D eigenvalue weighted by Gasteiger charge is -2.17. The Labute approximate surface area is 203 Å². The van der Waals surface area contributed by atoms with Crippen molar-refractivity contribution < 1.29 is 19.0 Å². The van der Waals surface area contributed by atoms with Gasteiger partial charge in [-0.15, -0.1) is 10.2 Å². The molecule has 0 bridgehead atoms. The number of hydrazine groups is 2. The number of rotatable bonds is 17. The van der Waals surface area contributed by atoms with Gasteiger partial charge in [0.1, 0.15) is 22.9 Å². The maximum absolute atomic E-state index is 12.4. The zero-order valence-electron chi connectivity index (χ0n) is 21.2. The fourth-order valence-corrected chi connectivity index (χ4v) is 3.72. The van der Waals surface area contributed by atoms with E-state index in [1.807, 2.05) is 5.12 Å². The molecule has 0 saturated carbocycles. The third-order valence-electron chi connectivity index (χ3n) is 5.67. The monoisotopic (exact) mass is 478 g/mol. The van der Waals surface area contributed by atoms with Crippen LogP contribution in [0, 0.1) is 0 Å². The fraction of sp³-hybridized carbons (Fsp3) is 0.667.